The second-order valence-corrected chi connectivity index (χ2v) is 7.35. The lowest BCUT2D eigenvalue weighted by Crippen LogP contribution is -2.38. The Hall–Kier alpha value is -2.67. The second-order valence-electron chi connectivity index (χ2n) is 5.60. The van der Waals surface area contributed by atoms with Gasteiger partial charge < -0.3 is 4.74 Å². The van der Waals surface area contributed by atoms with Crippen molar-refractivity contribution in [1.82, 2.24) is 5.01 Å². The van der Waals surface area contributed by atoms with Crippen LogP contribution in [-0.2, 0) is 10.0 Å². The van der Waals surface area contributed by atoms with E-state index in [4.69, 9.17) is 4.74 Å². The summed E-state index contributed by atoms with van der Waals surface area (Å²) in [5.74, 6) is 1.17. The van der Waals surface area contributed by atoms with Crippen LogP contribution < -0.4 is 4.74 Å². The Bertz CT molecular complexity index is 1020. The first-order valence-electron chi connectivity index (χ1n) is 7.49. The Balaban J connectivity index is 1.83. The van der Waals surface area contributed by atoms with Crippen molar-refractivity contribution < 1.29 is 13.2 Å². The normalized spacial score (nSPS) is 18.8. The fourth-order valence-electron chi connectivity index (χ4n) is 2.84. The molecular weight excluding hydrogens is 326 g/mol. The van der Waals surface area contributed by atoms with Crippen molar-refractivity contribution >= 4 is 38.4 Å². The highest BCUT2D eigenvalue weighted by Crippen LogP contribution is 2.28. The number of amidine groups is 1. The molecular formula is C17H15N3O3S. The highest BCUT2D eigenvalue weighted by Gasteiger charge is 2.28. The first-order chi connectivity index (χ1) is 11.6. The van der Waals surface area contributed by atoms with Crippen LogP contribution in [0.15, 0.2) is 52.0 Å². The first-order valence-corrected chi connectivity index (χ1v) is 9.10. The summed E-state index contributed by atoms with van der Waals surface area (Å²) < 4.78 is 32.9. The van der Waals surface area contributed by atoms with E-state index in [0.717, 1.165) is 27.7 Å². The molecule has 2 aliphatic rings. The molecule has 0 saturated heterocycles. The van der Waals surface area contributed by atoms with E-state index in [9.17, 15) is 8.42 Å². The SMILES string of the molecule is COc1ccc2cc(C3=CC=NN4CCS(=O)(=O)N=C34)ccc2c1. The number of nitrogens with zero attached hydrogens (tertiary/aromatic N) is 3. The molecule has 2 aromatic rings. The molecule has 122 valence electrons. The third-order valence-corrected chi connectivity index (χ3v) is 5.23. The average molecular weight is 341 g/mol. The molecule has 2 heterocycles. The molecule has 0 fully saturated rings. The minimum Gasteiger partial charge on any atom is -0.497 e. The van der Waals surface area contributed by atoms with Crippen molar-refractivity contribution in [3.63, 3.8) is 0 Å². The zero-order chi connectivity index (χ0) is 16.7. The topological polar surface area (TPSA) is 71.3 Å². The molecule has 24 heavy (non-hydrogen) atoms. The Labute approximate surface area is 139 Å². The highest BCUT2D eigenvalue weighted by atomic mass is 32.2. The van der Waals surface area contributed by atoms with Gasteiger partial charge in [0.1, 0.15) is 5.75 Å². The number of benzene rings is 2. The van der Waals surface area contributed by atoms with Crippen molar-refractivity contribution in [3.05, 3.63) is 48.0 Å². The lowest BCUT2D eigenvalue weighted by Gasteiger charge is -2.27. The number of hydrogen-bond donors (Lipinski definition) is 0. The molecule has 0 amide bonds. The molecule has 0 spiro atoms. The summed E-state index contributed by atoms with van der Waals surface area (Å²) in [5.41, 5.74) is 1.66. The maximum absolute atomic E-state index is 11.9. The molecule has 0 bridgehead atoms. The van der Waals surface area contributed by atoms with E-state index in [1.165, 1.54) is 0 Å². The van der Waals surface area contributed by atoms with Crippen molar-refractivity contribution in [2.45, 2.75) is 0 Å². The number of allylic oxidation sites excluding steroid dienone is 1. The van der Waals surface area contributed by atoms with Gasteiger partial charge in [-0.1, -0.05) is 18.2 Å². The van der Waals surface area contributed by atoms with Gasteiger partial charge in [-0.2, -0.15) is 5.10 Å². The zero-order valence-electron chi connectivity index (χ0n) is 13.0. The monoisotopic (exact) mass is 341 g/mol. The number of sulfonamides is 1. The lowest BCUT2D eigenvalue weighted by atomic mass is 9.99. The Morgan fingerprint density at radius 3 is 2.75 bits per heavy atom. The fraction of sp³-hybridized carbons (Fsp3) is 0.176. The predicted molar refractivity (Wildman–Crippen MR) is 94.9 cm³/mol. The second kappa shape index (κ2) is 5.45. The van der Waals surface area contributed by atoms with Gasteiger partial charge in [-0.15, -0.1) is 4.40 Å². The molecule has 0 N–H and O–H groups in total. The van der Waals surface area contributed by atoms with E-state index in [-0.39, 0.29) is 5.75 Å². The van der Waals surface area contributed by atoms with E-state index < -0.39 is 10.0 Å². The maximum Gasteiger partial charge on any atom is 0.256 e. The van der Waals surface area contributed by atoms with Crippen LogP contribution in [0.2, 0.25) is 0 Å². The van der Waals surface area contributed by atoms with Gasteiger partial charge in [0.2, 0.25) is 0 Å². The molecule has 0 aromatic heterocycles. The van der Waals surface area contributed by atoms with Gasteiger partial charge in [-0.25, -0.2) is 13.4 Å². The summed E-state index contributed by atoms with van der Waals surface area (Å²) in [6.07, 6.45) is 3.46. The Morgan fingerprint density at radius 1 is 1.12 bits per heavy atom. The zero-order valence-corrected chi connectivity index (χ0v) is 13.8. The van der Waals surface area contributed by atoms with Gasteiger partial charge in [-0.3, -0.25) is 0 Å². The smallest absolute Gasteiger partial charge is 0.256 e. The molecule has 6 nitrogen and oxygen atoms in total. The molecule has 2 aliphatic heterocycles. The van der Waals surface area contributed by atoms with E-state index in [2.05, 4.69) is 9.50 Å². The molecule has 0 radical (unpaired) electrons. The van der Waals surface area contributed by atoms with Crippen molar-refractivity contribution in [2.75, 3.05) is 19.4 Å². The van der Waals surface area contributed by atoms with E-state index in [1.807, 2.05) is 36.4 Å². The van der Waals surface area contributed by atoms with Crippen LogP contribution in [0, 0.1) is 0 Å². The molecule has 0 atom stereocenters. The maximum atomic E-state index is 11.9. The van der Waals surface area contributed by atoms with Gasteiger partial charge in [0.05, 0.1) is 19.4 Å². The van der Waals surface area contributed by atoms with Crippen molar-refractivity contribution in [2.24, 2.45) is 9.50 Å². The number of fused-ring (bicyclic) bond motifs is 2. The minimum atomic E-state index is -3.43. The molecule has 0 aliphatic carbocycles. The van der Waals surface area contributed by atoms with Crippen molar-refractivity contribution in [1.29, 1.82) is 0 Å². The number of hydrogen-bond acceptors (Lipinski definition) is 5. The Morgan fingerprint density at radius 2 is 1.92 bits per heavy atom. The molecule has 0 unspecified atom stereocenters. The average Bonchev–Trinajstić information content (AvgIpc) is 2.59. The fourth-order valence-corrected chi connectivity index (χ4v) is 3.79. The third kappa shape index (κ3) is 2.56. The van der Waals surface area contributed by atoms with Crippen LogP contribution in [0.5, 0.6) is 5.75 Å². The number of ether oxygens (including phenoxy) is 1. The number of methoxy groups -OCH3 is 1. The summed E-state index contributed by atoms with van der Waals surface area (Å²) in [4.78, 5) is 0. The Kier molecular flexibility index (Phi) is 3.38. The van der Waals surface area contributed by atoms with Gasteiger partial charge in [0.15, 0.2) is 5.84 Å². The lowest BCUT2D eigenvalue weighted by molar-refractivity contribution is 0.415. The number of rotatable bonds is 2. The first kappa shape index (κ1) is 14.9. The van der Waals surface area contributed by atoms with Crippen LogP contribution in [0.4, 0.5) is 0 Å². The molecule has 4 rings (SSSR count). The van der Waals surface area contributed by atoms with Gasteiger partial charge in [0, 0.05) is 11.8 Å². The quantitative estimate of drug-likeness (QED) is 0.840. The minimum absolute atomic E-state index is 0.0152. The van der Waals surface area contributed by atoms with Crippen molar-refractivity contribution in [3.8, 4) is 5.75 Å². The van der Waals surface area contributed by atoms with Crippen LogP contribution in [0.25, 0.3) is 16.3 Å². The summed E-state index contributed by atoms with van der Waals surface area (Å²) in [7, 11) is -1.79. The van der Waals surface area contributed by atoms with Crippen LogP contribution in [0.1, 0.15) is 5.56 Å². The summed E-state index contributed by atoms with van der Waals surface area (Å²) >= 11 is 0. The molecule has 7 heteroatoms. The van der Waals surface area contributed by atoms with E-state index in [0.29, 0.717) is 12.4 Å². The van der Waals surface area contributed by atoms with Crippen LogP contribution in [-0.4, -0.2) is 44.9 Å². The summed E-state index contributed by atoms with van der Waals surface area (Å²) in [5, 5.41) is 7.93. The molecule has 0 saturated carbocycles. The predicted octanol–water partition coefficient (Wildman–Crippen LogP) is 2.28. The highest BCUT2D eigenvalue weighted by molar-refractivity contribution is 7.90. The van der Waals surface area contributed by atoms with Gasteiger partial charge in [-0.05, 0) is 40.6 Å². The standard InChI is InChI=1S/C17H15N3O3S/c1-23-15-5-4-12-10-14(3-2-13(12)11-15)16-6-7-18-20-8-9-24(21,22)19-17(16)20/h2-7,10-11H,8-9H2,1H3. The summed E-state index contributed by atoms with van der Waals surface area (Å²) in [6.45, 7) is 0.319. The van der Waals surface area contributed by atoms with Crippen LogP contribution in [0.3, 0.4) is 0 Å². The largest absolute Gasteiger partial charge is 0.497 e. The molecule has 2 aromatic carbocycles. The third-order valence-electron chi connectivity index (χ3n) is 4.08. The van der Waals surface area contributed by atoms with E-state index in [1.54, 1.807) is 24.4 Å². The van der Waals surface area contributed by atoms with Gasteiger partial charge in [0.25, 0.3) is 10.0 Å². The number of hydrazone groups is 1. The van der Waals surface area contributed by atoms with Crippen LogP contribution >= 0.6 is 0 Å². The van der Waals surface area contributed by atoms with Gasteiger partial charge >= 0.3 is 0 Å². The summed E-state index contributed by atoms with van der Waals surface area (Å²) in [6, 6.07) is 11.8. The van der Waals surface area contributed by atoms with E-state index >= 15 is 0 Å².